The zero-order chi connectivity index (χ0) is 17.6. The van der Waals surface area contributed by atoms with Gasteiger partial charge in [-0.05, 0) is 38.3 Å². The number of carbonyl (C=O) groups is 1. The first-order valence-corrected chi connectivity index (χ1v) is 8.53. The maximum Gasteiger partial charge on any atom is 0.253 e. The van der Waals surface area contributed by atoms with E-state index < -0.39 is 0 Å². The van der Waals surface area contributed by atoms with Crippen molar-refractivity contribution in [2.75, 3.05) is 25.1 Å². The molecule has 132 valence electrons. The van der Waals surface area contributed by atoms with Crippen LogP contribution in [0, 0.1) is 6.92 Å². The molecule has 1 amide bonds. The SMILES string of the molecule is COc1ccc(C(=O)NCc2cc(C)nc(N3CCCCC3)n2)cn1. The molecule has 7 heteroatoms. The van der Waals surface area contributed by atoms with Crippen molar-refractivity contribution in [3.05, 3.63) is 41.3 Å². The van der Waals surface area contributed by atoms with Crippen LogP contribution >= 0.6 is 0 Å². The van der Waals surface area contributed by atoms with Crippen LogP contribution in [0.2, 0.25) is 0 Å². The van der Waals surface area contributed by atoms with Crippen LogP contribution in [0.15, 0.2) is 24.4 Å². The number of pyridine rings is 1. The van der Waals surface area contributed by atoms with Gasteiger partial charge in [0, 0.05) is 31.0 Å². The Hall–Kier alpha value is -2.70. The largest absolute Gasteiger partial charge is 0.481 e. The number of carbonyl (C=O) groups excluding carboxylic acids is 1. The quantitative estimate of drug-likeness (QED) is 0.897. The Kier molecular flexibility index (Phi) is 5.42. The van der Waals surface area contributed by atoms with Gasteiger partial charge in [-0.2, -0.15) is 0 Å². The number of anilines is 1. The molecule has 2 aromatic rings. The summed E-state index contributed by atoms with van der Waals surface area (Å²) in [6.07, 6.45) is 5.11. The minimum absolute atomic E-state index is 0.189. The molecule has 0 atom stereocenters. The van der Waals surface area contributed by atoms with Crippen LogP contribution in [0.3, 0.4) is 0 Å². The number of aryl methyl sites for hydroxylation is 1. The summed E-state index contributed by atoms with van der Waals surface area (Å²) in [6, 6.07) is 5.25. The Labute approximate surface area is 147 Å². The van der Waals surface area contributed by atoms with E-state index in [0.29, 0.717) is 18.0 Å². The van der Waals surface area contributed by atoms with Crippen LogP contribution < -0.4 is 15.0 Å². The molecule has 1 N–H and O–H groups in total. The van der Waals surface area contributed by atoms with E-state index in [2.05, 4.69) is 25.2 Å². The van der Waals surface area contributed by atoms with Gasteiger partial charge in [-0.25, -0.2) is 15.0 Å². The molecule has 7 nitrogen and oxygen atoms in total. The van der Waals surface area contributed by atoms with Crippen molar-refractivity contribution in [3.63, 3.8) is 0 Å². The number of aromatic nitrogens is 3. The molecule has 1 saturated heterocycles. The molecule has 0 spiro atoms. The molecule has 0 saturated carbocycles. The predicted molar refractivity (Wildman–Crippen MR) is 94.8 cm³/mol. The molecule has 0 bridgehead atoms. The Balaban J connectivity index is 1.65. The lowest BCUT2D eigenvalue weighted by atomic mass is 10.1. The first kappa shape index (κ1) is 17.1. The fraction of sp³-hybridized carbons (Fsp3) is 0.444. The molecule has 1 aliphatic rings. The topological polar surface area (TPSA) is 80.2 Å². The Bertz CT molecular complexity index is 727. The zero-order valence-electron chi connectivity index (χ0n) is 14.7. The third kappa shape index (κ3) is 4.43. The zero-order valence-corrected chi connectivity index (χ0v) is 14.7. The maximum absolute atomic E-state index is 12.2. The molecule has 0 unspecified atom stereocenters. The van der Waals surface area contributed by atoms with E-state index >= 15 is 0 Å². The summed E-state index contributed by atoms with van der Waals surface area (Å²) in [5.74, 6) is 1.05. The van der Waals surface area contributed by atoms with Crippen LogP contribution in [0.4, 0.5) is 5.95 Å². The summed E-state index contributed by atoms with van der Waals surface area (Å²) < 4.78 is 5.00. The summed E-state index contributed by atoms with van der Waals surface area (Å²) in [7, 11) is 1.54. The summed E-state index contributed by atoms with van der Waals surface area (Å²) in [4.78, 5) is 27.7. The number of nitrogens with zero attached hydrogens (tertiary/aromatic N) is 4. The van der Waals surface area contributed by atoms with Gasteiger partial charge in [0.2, 0.25) is 11.8 Å². The van der Waals surface area contributed by atoms with Gasteiger partial charge in [0.1, 0.15) is 0 Å². The summed E-state index contributed by atoms with van der Waals surface area (Å²) in [5.41, 5.74) is 2.21. The highest BCUT2D eigenvalue weighted by molar-refractivity contribution is 5.93. The molecule has 3 heterocycles. The third-order valence-corrected chi connectivity index (χ3v) is 4.17. The molecular weight excluding hydrogens is 318 g/mol. The Morgan fingerprint density at radius 1 is 1.24 bits per heavy atom. The lowest BCUT2D eigenvalue weighted by molar-refractivity contribution is 0.0950. The van der Waals surface area contributed by atoms with Gasteiger partial charge in [-0.1, -0.05) is 0 Å². The molecule has 0 radical (unpaired) electrons. The highest BCUT2D eigenvalue weighted by atomic mass is 16.5. The number of piperidine rings is 1. The van der Waals surface area contributed by atoms with Crippen molar-refractivity contribution in [1.29, 1.82) is 0 Å². The summed E-state index contributed by atoms with van der Waals surface area (Å²) in [6.45, 7) is 4.29. The molecule has 25 heavy (non-hydrogen) atoms. The highest BCUT2D eigenvalue weighted by Crippen LogP contribution is 2.16. The van der Waals surface area contributed by atoms with Crippen LogP contribution in [0.25, 0.3) is 0 Å². The van der Waals surface area contributed by atoms with E-state index in [9.17, 15) is 4.79 Å². The average molecular weight is 341 g/mol. The number of amides is 1. The Morgan fingerprint density at radius 2 is 2.04 bits per heavy atom. The number of rotatable bonds is 5. The van der Waals surface area contributed by atoms with E-state index in [1.54, 1.807) is 19.2 Å². The fourth-order valence-corrected chi connectivity index (χ4v) is 2.85. The monoisotopic (exact) mass is 341 g/mol. The molecular formula is C18H23N5O2. The van der Waals surface area contributed by atoms with Crippen molar-refractivity contribution in [2.24, 2.45) is 0 Å². The smallest absolute Gasteiger partial charge is 0.253 e. The predicted octanol–water partition coefficient (Wildman–Crippen LogP) is 2.11. The first-order chi connectivity index (χ1) is 12.2. The normalized spacial score (nSPS) is 14.2. The average Bonchev–Trinajstić information content (AvgIpc) is 2.66. The van der Waals surface area contributed by atoms with Crippen LogP contribution in [-0.2, 0) is 6.54 Å². The molecule has 2 aromatic heterocycles. The standard InChI is InChI=1S/C18H23N5O2/c1-13-10-15(22-18(21-13)23-8-4-3-5-9-23)12-20-17(24)14-6-7-16(25-2)19-11-14/h6-7,10-11H,3-5,8-9,12H2,1-2H3,(H,20,24). The van der Waals surface area contributed by atoms with Gasteiger partial charge >= 0.3 is 0 Å². The Morgan fingerprint density at radius 3 is 2.72 bits per heavy atom. The van der Waals surface area contributed by atoms with Gasteiger partial charge < -0.3 is 15.0 Å². The minimum atomic E-state index is -0.189. The van der Waals surface area contributed by atoms with Crippen molar-refractivity contribution in [1.82, 2.24) is 20.3 Å². The fourth-order valence-electron chi connectivity index (χ4n) is 2.85. The van der Waals surface area contributed by atoms with Gasteiger partial charge in [0.25, 0.3) is 5.91 Å². The number of methoxy groups -OCH3 is 1. The number of nitrogens with one attached hydrogen (secondary N) is 1. The summed E-state index contributed by atoms with van der Waals surface area (Å²) in [5, 5.41) is 2.88. The molecule has 0 aromatic carbocycles. The second-order valence-corrected chi connectivity index (χ2v) is 6.12. The lowest BCUT2D eigenvalue weighted by Crippen LogP contribution is -2.32. The number of hydrogen-bond donors (Lipinski definition) is 1. The van der Waals surface area contributed by atoms with Crippen molar-refractivity contribution in [2.45, 2.75) is 32.7 Å². The number of hydrogen-bond acceptors (Lipinski definition) is 6. The van der Waals surface area contributed by atoms with Crippen molar-refractivity contribution < 1.29 is 9.53 Å². The second kappa shape index (κ2) is 7.92. The molecule has 0 aliphatic carbocycles. The van der Waals surface area contributed by atoms with E-state index in [1.807, 2.05) is 13.0 Å². The van der Waals surface area contributed by atoms with Gasteiger partial charge in [-0.3, -0.25) is 4.79 Å². The number of ether oxygens (including phenoxy) is 1. The van der Waals surface area contributed by atoms with Gasteiger partial charge in [0.15, 0.2) is 0 Å². The van der Waals surface area contributed by atoms with Crippen LogP contribution in [-0.4, -0.2) is 41.1 Å². The van der Waals surface area contributed by atoms with Gasteiger partial charge in [-0.15, -0.1) is 0 Å². The van der Waals surface area contributed by atoms with E-state index in [0.717, 1.165) is 30.4 Å². The lowest BCUT2D eigenvalue weighted by Gasteiger charge is -2.27. The van der Waals surface area contributed by atoms with Gasteiger partial charge in [0.05, 0.1) is 24.9 Å². The van der Waals surface area contributed by atoms with E-state index in [-0.39, 0.29) is 5.91 Å². The van der Waals surface area contributed by atoms with Crippen molar-refractivity contribution in [3.8, 4) is 5.88 Å². The first-order valence-electron chi connectivity index (χ1n) is 8.53. The molecule has 1 fully saturated rings. The van der Waals surface area contributed by atoms with Crippen molar-refractivity contribution >= 4 is 11.9 Å². The van der Waals surface area contributed by atoms with E-state index in [1.165, 1.54) is 25.5 Å². The maximum atomic E-state index is 12.2. The van der Waals surface area contributed by atoms with E-state index in [4.69, 9.17) is 4.74 Å². The molecule has 3 rings (SSSR count). The summed E-state index contributed by atoms with van der Waals surface area (Å²) >= 11 is 0. The van der Waals surface area contributed by atoms with Crippen LogP contribution in [0.1, 0.15) is 41.0 Å². The minimum Gasteiger partial charge on any atom is -0.481 e. The van der Waals surface area contributed by atoms with Crippen LogP contribution in [0.5, 0.6) is 5.88 Å². The molecule has 1 aliphatic heterocycles. The highest BCUT2D eigenvalue weighted by Gasteiger charge is 2.15. The third-order valence-electron chi connectivity index (χ3n) is 4.17. The second-order valence-electron chi connectivity index (χ2n) is 6.12.